The average Bonchev–Trinajstić information content (AvgIpc) is 3.71. The van der Waals surface area contributed by atoms with Crippen molar-refractivity contribution in [3.05, 3.63) is 118 Å². The third-order valence-corrected chi connectivity index (χ3v) is 11.4. The van der Waals surface area contributed by atoms with Gasteiger partial charge in [0.15, 0.2) is 0 Å². The molecule has 1 fully saturated rings. The Balaban J connectivity index is 1.38. The molecule has 51 heavy (non-hydrogen) atoms. The zero-order valence-electron chi connectivity index (χ0n) is 31.7. The van der Waals surface area contributed by atoms with E-state index in [0.29, 0.717) is 12.5 Å². The van der Waals surface area contributed by atoms with E-state index in [9.17, 15) is 0 Å². The Morgan fingerprint density at radius 1 is 0.686 bits per heavy atom. The third kappa shape index (κ3) is 6.17. The zero-order chi connectivity index (χ0) is 35.6. The minimum absolute atomic E-state index is 0.0340. The summed E-state index contributed by atoms with van der Waals surface area (Å²) in [5.41, 5.74) is 16.8. The fourth-order valence-electron chi connectivity index (χ4n) is 8.84. The van der Waals surface area contributed by atoms with Gasteiger partial charge in [-0.15, -0.1) is 0 Å². The highest BCUT2D eigenvalue weighted by atomic mass is 16.5. The molecule has 4 heteroatoms. The van der Waals surface area contributed by atoms with Crippen molar-refractivity contribution in [1.29, 1.82) is 0 Å². The van der Waals surface area contributed by atoms with Crippen LogP contribution in [0.4, 0.5) is 0 Å². The summed E-state index contributed by atoms with van der Waals surface area (Å²) in [6.45, 7) is 18.5. The van der Waals surface area contributed by atoms with Crippen LogP contribution < -0.4 is 0 Å². The molecule has 1 aliphatic heterocycles. The molecule has 1 atom stereocenters. The Morgan fingerprint density at radius 3 is 2.16 bits per heavy atom. The molecule has 2 aromatic heterocycles. The first-order valence-corrected chi connectivity index (χ1v) is 18.9. The maximum absolute atomic E-state index is 6.50. The number of hydrogen-bond acceptors (Lipinski definition) is 3. The second-order valence-electron chi connectivity index (χ2n) is 16.5. The average molecular weight is 674 g/mol. The molecule has 4 nitrogen and oxygen atoms in total. The number of rotatable bonds is 5. The van der Waals surface area contributed by atoms with Gasteiger partial charge in [-0.05, 0) is 147 Å². The van der Waals surface area contributed by atoms with Crippen molar-refractivity contribution in [1.82, 2.24) is 9.55 Å². The van der Waals surface area contributed by atoms with Crippen molar-refractivity contribution in [3.63, 3.8) is 0 Å². The largest absolute Gasteiger partial charge is 0.475 e. The molecule has 0 bridgehead atoms. The summed E-state index contributed by atoms with van der Waals surface area (Å²) in [7, 11) is 0. The van der Waals surface area contributed by atoms with Crippen LogP contribution in [0, 0.1) is 40.5 Å². The maximum atomic E-state index is 6.50. The highest BCUT2D eigenvalue weighted by Crippen LogP contribution is 2.40. The second-order valence-corrected chi connectivity index (χ2v) is 16.5. The van der Waals surface area contributed by atoms with Crippen molar-refractivity contribution in [3.8, 4) is 28.1 Å². The Bertz CT molecular complexity index is 2320. The van der Waals surface area contributed by atoms with Crippen LogP contribution in [-0.4, -0.2) is 28.1 Å². The van der Waals surface area contributed by atoms with Crippen molar-refractivity contribution < 1.29 is 4.74 Å². The van der Waals surface area contributed by atoms with Crippen LogP contribution in [-0.2, 0) is 10.2 Å². The number of pyridine rings is 1. The molecule has 0 saturated heterocycles. The molecule has 2 aliphatic rings. The quantitative estimate of drug-likeness (QED) is 0.183. The van der Waals surface area contributed by atoms with Crippen LogP contribution >= 0.6 is 0 Å². The van der Waals surface area contributed by atoms with E-state index in [-0.39, 0.29) is 11.5 Å². The van der Waals surface area contributed by atoms with Crippen LogP contribution in [0.1, 0.15) is 91.8 Å². The van der Waals surface area contributed by atoms with Gasteiger partial charge in [-0.3, -0.25) is 4.98 Å². The van der Waals surface area contributed by atoms with E-state index in [1.807, 2.05) is 6.20 Å². The lowest BCUT2D eigenvalue weighted by molar-refractivity contribution is 0.240. The Labute approximate surface area is 303 Å². The minimum Gasteiger partial charge on any atom is -0.475 e. The zero-order valence-corrected chi connectivity index (χ0v) is 31.7. The number of benzene rings is 4. The normalized spacial score (nSPS) is 16.9. The number of ether oxygens (including phenoxy) is 1. The molecule has 0 amide bonds. The molecular formula is C47H51N3O. The summed E-state index contributed by atoms with van der Waals surface area (Å²) in [5, 5.41) is 2.51. The van der Waals surface area contributed by atoms with Gasteiger partial charge < -0.3 is 9.30 Å². The molecule has 0 N–H and O–H groups in total. The van der Waals surface area contributed by atoms with Crippen LogP contribution in [0.3, 0.4) is 0 Å². The highest BCUT2D eigenvalue weighted by Gasteiger charge is 2.30. The van der Waals surface area contributed by atoms with Crippen LogP contribution in [0.2, 0.25) is 0 Å². The minimum atomic E-state index is 0.0340. The van der Waals surface area contributed by atoms with E-state index in [0.717, 1.165) is 28.4 Å². The van der Waals surface area contributed by atoms with E-state index in [2.05, 4.69) is 133 Å². The van der Waals surface area contributed by atoms with Gasteiger partial charge in [0.25, 0.3) is 0 Å². The summed E-state index contributed by atoms with van der Waals surface area (Å²) >= 11 is 0. The Hall–Kier alpha value is -4.70. The first-order chi connectivity index (χ1) is 24.4. The molecule has 8 rings (SSSR count). The van der Waals surface area contributed by atoms with E-state index in [4.69, 9.17) is 14.7 Å². The van der Waals surface area contributed by atoms with Crippen LogP contribution in [0.25, 0.3) is 49.9 Å². The van der Waals surface area contributed by atoms with Gasteiger partial charge in [-0.2, -0.15) is 0 Å². The number of aryl methyl sites for hydroxylation is 5. The van der Waals surface area contributed by atoms with Gasteiger partial charge in [0.2, 0.25) is 5.90 Å². The topological polar surface area (TPSA) is 39.4 Å². The standard InChI is InChI=1S/C47H51N3O/c1-28-14-15-43-39(20-28)40-21-30(3)38(41-25-36(16-17-48-41)47(6,7)8)26-44(40)50(43)37-23-34(45-31(4)18-29(2)19-32(45)5)22-35(24-37)46-49-42(27-51-46)33-12-10-9-11-13-33/h14-26,33,42H,9-13,27H2,1-8H3/t42-/m0/s1. The fraction of sp³-hybridized carbons (Fsp3) is 0.362. The predicted molar refractivity (Wildman–Crippen MR) is 215 cm³/mol. The van der Waals surface area contributed by atoms with Crippen molar-refractivity contribution in [2.75, 3.05) is 6.61 Å². The van der Waals surface area contributed by atoms with Crippen molar-refractivity contribution in [2.45, 2.75) is 99.0 Å². The van der Waals surface area contributed by atoms with Gasteiger partial charge in [0.1, 0.15) is 6.61 Å². The molecule has 3 heterocycles. The molecule has 0 unspecified atom stereocenters. The van der Waals surface area contributed by atoms with E-state index in [1.165, 1.54) is 98.4 Å². The predicted octanol–water partition coefficient (Wildman–Crippen LogP) is 12.1. The van der Waals surface area contributed by atoms with E-state index < -0.39 is 0 Å². The van der Waals surface area contributed by atoms with Crippen LogP contribution in [0.15, 0.2) is 84.0 Å². The summed E-state index contributed by atoms with van der Waals surface area (Å²) in [5.74, 6) is 1.40. The first-order valence-electron chi connectivity index (χ1n) is 18.9. The summed E-state index contributed by atoms with van der Waals surface area (Å²) < 4.78 is 8.96. The van der Waals surface area contributed by atoms with Gasteiger partial charge in [0, 0.05) is 33.8 Å². The molecular weight excluding hydrogens is 623 g/mol. The summed E-state index contributed by atoms with van der Waals surface area (Å²) in [6.07, 6.45) is 8.44. The molecule has 0 radical (unpaired) electrons. The van der Waals surface area contributed by atoms with E-state index in [1.54, 1.807) is 0 Å². The Kier molecular flexibility index (Phi) is 8.40. The van der Waals surface area contributed by atoms with Crippen LogP contribution in [0.5, 0.6) is 0 Å². The smallest absolute Gasteiger partial charge is 0.216 e. The van der Waals surface area contributed by atoms with Gasteiger partial charge in [0.05, 0.1) is 22.8 Å². The number of hydrogen-bond donors (Lipinski definition) is 0. The third-order valence-electron chi connectivity index (χ3n) is 11.4. The number of fused-ring (bicyclic) bond motifs is 3. The van der Waals surface area contributed by atoms with Crippen molar-refractivity contribution >= 4 is 27.7 Å². The maximum Gasteiger partial charge on any atom is 0.216 e. The number of nitrogens with zero attached hydrogens (tertiary/aromatic N) is 3. The molecule has 260 valence electrons. The monoisotopic (exact) mass is 673 g/mol. The number of aromatic nitrogens is 2. The highest BCUT2D eigenvalue weighted by molar-refractivity contribution is 6.11. The first kappa shape index (κ1) is 33.4. The second kappa shape index (κ2) is 12.8. The summed E-state index contributed by atoms with van der Waals surface area (Å²) in [4.78, 5) is 10.2. The SMILES string of the molecule is Cc1cc(C)c(-c2cc(C3=N[C@H](C4CCCCC4)CO3)cc(-n3c4ccc(C)cc4c4cc(C)c(-c5cc(C(C)(C)C)ccn5)cc43)c2)c(C)c1. The fourth-order valence-corrected chi connectivity index (χ4v) is 8.84. The van der Waals surface area contributed by atoms with E-state index >= 15 is 0 Å². The lowest BCUT2D eigenvalue weighted by Crippen LogP contribution is -2.22. The molecule has 4 aromatic carbocycles. The van der Waals surface area contributed by atoms with Gasteiger partial charge >= 0.3 is 0 Å². The van der Waals surface area contributed by atoms with Gasteiger partial charge in [-0.25, -0.2) is 4.99 Å². The molecule has 0 spiro atoms. The molecule has 1 aliphatic carbocycles. The molecule has 6 aromatic rings. The van der Waals surface area contributed by atoms with Gasteiger partial charge in [-0.1, -0.05) is 69.4 Å². The van der Waals surface area contributed by atoms with Crippen molar-refractivity contribution in [2.24, 2.45) is 10.9 Å². The lowest BCUT2D eigenvalue weighted by Gasteiger charge is -2.24. The lowest BCUT2D eigenvalue weighted by atomic mass is 9.84. The number of aliphatic imine (C=N–C) groups is 1. The molecule has 1 saturated carbocycles. The summed E-state index contributed by atoms with van der Waals surface area (Å²) in [6, 6.07) is 27.8. The Morgan fingerprint density at radius 2 is 1.41 bits per heavy atom.